The van der Waals surface area contributed by atoms with Crippen LogP contribution in [0.5, 0.6) is 5.88 Å². The van der Waals surface area contributed by atoms with Crippen molar-refractivity contribution in [3.63, 3.8) is 0 Å². The van der Waals surface area contributed by atoms with Crippen molar-refractivity contribution in [1.82, 2.24) is 4.98 Å². The molecule has 0 saturated heterocycles. The van der Waals surface area contributed by atoms with E-state index in [4.69, 9.17) is 16.3 Å². The normalized spacial score (nSPS) is 8.46. The third-order valence-electron chi connectivity index (χ3n) is 1.28. The zero-order chi connectivity index (χ0) is 9.68. The Kier molecular flexibility index (Phi) is 3.30. The van der Waals surface area contributed by atoms with Crippen molar-refractivity contribution in [3.8, 4) is 17.7 Å². The highest BCUT2D eigenvalue weighted by Gasteiger charge is 2.00. The molecule has 0 fully saturated rings. The molecule has 0 radical (unpaired) electrons. The van der Waals surface area contributed by atoms with Crippen LogP contribution in [-0.2, 0) is 4.79 Å². The first-order chi connectivity index (χ1) is 6.27. The van der Waals surface area contributed by atoms with E-state index in [1.54, 1.807) is 6.07 Å². The van der Waals surface area contributed by atoms with E-state index in [1.165, 1.54) is 13.3 Å². The van der Waals surface area contributed by atoms with Crippen LogP contribution in [-0.4, -0.2) is 18.4 Å². The summed E-state index contributed by atoms with van der Waals surface area (Å²) in [6, 6.07) is 1.59. The maximum atomic E-state index is 9.93. The largest absolute Gasteiger partial charge is 0.480 e. The summed E-state index contributed by atoms with van der Waals surface area (Å²) in [7, 11) is 1.48. The Bertz CT molecular complexity index is 379. The monoisotopic (exact) mass is 195 g/mol. The van der Waals surface area contributed by atoms with Gasteiger partial charge in [0.1, 0.15) is 5.02 Å². The van der Waals surface area contributed by atoms with Gasteiger partial charge in [0.15, 0.2) is 6.29 Å². The zero-order valence-corrected chi connectivity index (χ0v) is 7.63. The molecule has 0 aromatic carbocycles. The van der Waals surface area contributed by atoms with Gasteiger partial charge in [0.25, 0.3) is 0 Å². The van der Waals surface area contributed by atoms with E-state index in [0.29, 0.717) is 22.8 Å². The fourth-order valence-electron chi connectivity index (χ4n) is 0.757. The average molecular weight is 196 g/mol. The van der Waals surface area contributed by atoms with Crippen molar-refractivity contribution in [2.45, 2.75) is 0 Å². The third-order valence-corrected chi connectivity index (χ3v) is 1.55. The number of carbonyl (C=O) groups is 1. The van der Waals surface area contributed by atoms with Crippen LogP contribution in [0, 0.1) is 11.8 Å². The highest BCUT2D eigenvalue weighted by Crippen LogP contribution is 2.21. The Labute approximate surface area is 80.7 Å². The lowest BCUT2D eigenvalue weighted by Crippen LogP contribution is -1.89. The highest BCUT2D eigenvalue weighted by molar-refractivity contribution is 6.31. The molecule has 0 aliphatic carbocycles. The molecule has 1 aromatic rings. The average Bonchev–Trinajstić information content (AvgIpc) is 2.15. The molecular weight excluding hydrogens is 190 g/mol. The molecule has 0 spiro atoms. The van der Waals surface area contributed by atoms with E-state index in [2.05, 4.69) is 16.8 Å². The minimum atomic E-state index is 0.346. The maximum Gasteiger partial charge on any atom is 0.232 e. The number of carbonyl (C=O) groups excluding carboxylic acids is 1. The van der Waals surface area contributed by atoms with Crippen LogP contribution in [0.4, 0.5) is 0 Å². The van der Waals surface area contributed by atoms with Crippen molar-refractivity contribution in [3.05, 3.63) is 22.8 Å². The van der Waals surface area contributed by atoms with Gasteiger partial charge in [0, 0.05) is 11.8 Å². The van der Waals surface area contributed by atoms with Gasteiger partial charge in [-0.3, -0.25) is 4.79 Å². The first-order valence-electron chi connectivity index (χ1n) is 3.42. The molecule has 0 unspecified atom stereocenters. The smallest absolute Gasteiger partial charge is 0.232 e. The van der Waals surface area contributed by atoms with Crippen molar-refractivity contribution in [2.24, 2.45) is 0 Å². The van der Waals surface area contributed by atoms with Gasteiger partial charge >= 0.3 is 0 Å². The van der Waals surface area contributed by atoms with E-state index >= 15 is 0 Å². The number of rotatable bonds is 1. The van der Waals surface area contributed by atoms with Gasteiger partial charge in [0.2, 0.25) is 5.88 Å². The lowest BCUT2D eigenvalue weighted by Gasteiger charge is -1.99. The van der Waals surface area contributed by atoms with Crippen LogP contribution >= 0.6 is 11.6 Å². The number of hydrogen-bond donors (Lipinski definition) is 0. The van der Waals surface area contributed by atoms with Crippen molar-refractivity contribution < 1.29 is 9.53 Å². The summed E-state index contributed by atoms with van der Waals surface area (Å²) in [5.41, 5.74) is 0.581. The standard InChI is InChI=1S/C9H6ClNO2/c1-13-9-8(10)5-7(6-11-9)3-2-4-12/h4-6H,1H3. The molecule has 4 heteroatoms. The predicted molar refractivity (Wildman–Crippen MR) is 48.7 cm³/mol. The molecule has 0 N–H and O–H groups in total. The number of hydrogen-bond acceptors (Lipinski definition) is 3. The van der Waals surface area contributed by atoms with Crippen LogP contribution in [0.2, 0.25) is 5.02 Å². The van der Waals surface area contributed by atoms with E-state index in [-0.39, 0.29) is 0 Å². The summed E-state index contributed by atoms with van der Waals surface area (Å²) >= 11 is 5.76. The van der Waals surface area contributed by atoms with Gasteiger partial charge in [-0.05, 0) is 12.0 Å². The molecule has 0 saturated carbocycles. The molecule has 0 aliphatic rings. The molecule has 66 valence electrons. The van der Waals surface area contributed by atoms with Gasteiger partial charge in [-0.2, -0.15) is 0 Å². The first kappa shape index (κ1) is 9.56. The Hall–Kier alpha value is -1.53. The number of aromatic nitrogens is 1. The molecule has 0 amide bonds. The summed E-state index contributed by atoms with van der Waals surface area (Å²) in [5, 5.41) is 0.375. The van der Waals surface area contributed by atoms with E-state index in [1.807, 2.05) is 0 Å². The minimum absolute atomic E-state index is 0.346. The molecule has 0 atom stereocenters. The van der Waals surface area contributed by atoms with Gasteiger partial charge in [-0.1, -0.05) is 17.5 Å². The summed E-state index contributed by atoms with van der Waals surface area (Å²) < 4.78 is 4.84. The van der Waals surface area contributed by atoms with Gasteiger partial charge in [-0.25, -0.2) is 4.98 Å². The molecule has 13 heavy (non-hydrogen) atoms. The SMILES string of the molecule is COc1ncc(C#CC=O)cc1Cl. The van der Waals surface area contributed by atoms with Gasteiger partial charge in [0.05, 0.1) is 7.11 Å². The first-order valence-corrected chi connectivity index (χ1v) is 3.80. The Morgan fingerprint density at radius 3 is 3.00 bits per heavy atom. The Morgan fingerprint density at radius 2 is 2.46 bits per heavy atom. The van der Waals surface area contributed by atoms with Crippen molar-refractivity contribution in [2.75, 3.05) is 7.11 Å². The second kappa shape index (κ2) is 4.48. The van der Waals surface area contributed by atoms with Crippen molar-refractivity contribution >= 4 is 17.9 Å². The molecule has 0 bridgehead atoms. The van der Waals surface area contributed by atoms with Crippen LogP contribution < -0.4 is 4.74 Å². The molecule has 1 heterocycles. The van der Waals surface area contributed by atoms with Crippen LogP contribution in [0.25, 0.3) is 0 Å². The number of aldehydes is 1. The fourth-order valence-corrected chi connectivity index (χ4v) is 1.00. The predicted octanol–water partition coefficient (Wildman–Crippen LogP) is 1.29. The zero-order valence-electron chi connectivity index (χ0n) is 6.87. The van der Waals surface area contributed by atoms with Crippen LogP contribution in [0.15, 0.2) is 12.3 Å². The quantitative estimate of drug-likeness (QED) is 0.501. The van der Waals surface area contributed by atoms with E-state index in [0.717, 1.165) is 0 Å². The number of ether oxygens (including phenoxy) is 1. The highest BCUT2D eigenvalue weighted by atomic mass is 35.5. The topological polar surface area (TPSA) is 39.2 Å². The third kappa shape index (κ3) is 2.46. The molecule has 0 aliphatic heterocycles. The number of methoxy groups -OCH3 is 1. The fraction of sp³-hybridized carbons (Fsp3) is 0.111. The van der Waals surface area contributed by atoms with E-state index < -0.39 is 0 Å². The second-order valence-electron chi connectivity index (χ2n) is 2.10. The Balaban J connectivity index is 3.02. The lowest BCUT2D eigenvalue weighted by atomic mass is 10.3. The summed E-state index contributed by atoms with van der Waals surface area (Å²) in [4.78, 5) is 13.8. The summed E-state index contributed by atoms with van der Waals surface area (Å²) in [6.45, 7) is 0. The van der Waals surface area contributed by atoms with Crippen LogP contribution in [0.3, 0.4) is 0 Å². The molecular formula is C9H6ClNO2. The van der Waals surface area contributed by atoms with Gasteiger partial charge in [-0.15, -0.1) is 0 Å². The van der Waals surface area contributed by atoms with Crippen LogP contribution in [0.1, 0.15) is 5.56 Å². The van der Waals surface area contributed by atoms with Crippen molar-refractivity contribution in [1.29, 1.82) is 0 Å². The molecule has 1 rings (SSSR count). The van der Waals surface area contributed by atoms with Gasteiger partial charge < -0.3 is 4.74 Å². The second-order valence-corrected chi connectivity index (χ2v) is 2.51. The lowest BCUT2D eigenvalue weighted by molar-refractivity contribution is -0.103. The number of pyridine rings is 1. The number of halogens is 1. The summed E-state index contributed by atoms with van der Waals surface area (Å²) in [5.74, 6) is 5.17. The number of nitrogens with zero attached hydrogens (tertiary/aromatic N) is 1. The molecule has 3 nitrogen and oxygen atoms in total. The van der Waals surface area contributed by atoms with E-state index in [9.17, 15) is 4.79 Å². The summed E-state index contributed by atoms with van der Waals surface area (Å²) in [6.07, 6.45) is 2.00. The minimum Gasteiger partial charge on any atom is -0.480 e. The Morgan fingerprint density at radius 1 is 1.69 bits per heavy atom. The maximum absolute atomic E-state index is 9.93. The molecule has 1 aromatic heterocycles.